The van der Waals surface area contributed by atoms with Crippen molar-refractivity contribution in [2.45, 2.75) is 49.2 Å². The molecule has 1 fully saturated rings. The van der Waals surface area contributed by atoms with Crippen molar-refractivity contribution in [3.63, 3.8) is 0 Å². The van der Waals surface area contributed by atoms with Crippen molar-refractivity contribution < 1.29 is 19.1 Å². The van der Waals surface area contributed by atoms with Crippen molar-refractivity contribution in [2.24, 2.45) is 11.8 Å². The van der Waals surface area contributed by atoms with Crippen molar-refractivity contribution in [2.75, 3.05) is 17.7 Å². The fourth-order valence-corrected chi connectivity index (χ4v) is 7.09. The molecule has 2 aliphatic carbocycles. The van der Waals surface area contributed by atoms with Crippen LogP contribution in [0.5, 0.6) is 0 Å². The number of thioether (sulfide) groups is 1. The van der Waals surface area contributed by atoms with Crippen LogP contribution in [0.1, 0.15) is 57.8 Å². The van der Waals surface area contributed by atoms with Crippen molar-refractivity contribution in [1.82, 2.24) is 0 Å². The van der Waals surface area contributed by atoms with Crippen LogP contribution >= 0.6 is 23.1 Å². The first kappa shape index (κ1) is 25.5. The van der Waals surface area contributed by atoms with Gasteiger partial charge in [0.05, 0.1) is 12.7 Å². The molecule has 0 saturated heterocycles. The second-order valence-electron chi connectivity index (χ2n) is 9.74. The van der Waals surface area contributed by atoms with Gasteiger partial charge in [0.1, 0.15) is 10.3 Å². The van der Waals surface area contributed by atoms with E-state index in [4.69, 9.17) is 4.74 Å². The second kappa shape index (κ2) is 11.1. The van der Waals surface area contributed by atoms with E-state index in [0.717, 1.165) is 58.7 Å². The van der Waals surface area contributed by atoms with Gasteiger partial charge in [-0.2, -0.15) is 0 Å². The molecule has 0 bridgehead atoms. The molecule has 1 saturated carbocycles. The van der Waals surface area contributed by atoms with Gasteiger partial charge in [-0.25, -0.2) is 4.79 Å². The van der Waals surface area contributed by atoms with Crippen LogP contribution < -0.4 is 10.6 Å². The lowest BCUT2D eigenvalue weighted by molar-refractivity contribution is -0.117. The Morgan fingerprint density at radius 2 is 1.81 bits per heavy atom. The highest BCUT2D eigenvalue weighted by atomic mass is 32.2. The quantitative estimate of drug-likeness (QED) is 0.255. The molecular weight excluding hydrogens is 504 g/mol. The van der Waals surface area contributed by atoms with E-state index >= 15 is 0 Å². The molecule has 2 N–H and O–H groups in total. The number of carbonyl (C=O) groups excluding carboxylic acids is 3. The Labute approximate surface area is 225 Å². The number of benzene rings is 2. The van der Waals surface area contributed by atoms with Gasteiger partial charge in [-0.3, -0.25) is 9.59 Å². The Hall–Kier alpha value is -3.10. The van der Waals surface area contributed by atoms with Crippen LogP contribution in [0, 0.1) is 11.8 Å². The zero-order valence-electron chi connectivity index (χ0n) is 20.9. The smallest absolute Gasteiger partial charge is 0.341 e. The summed E-state index contributed by atoms with van der Waals surface area (Å²) in [4.78, 5) is 40.8. The first-order valence-corrected chi connectivity index (χ1v) is 14.3. The molecule has 6 nitrogen and oxygen atoms in total. The number of carbonyl (C=O) groups is 3. The highest BCUT2D eigenvalue weighted by molar-refractivity contribution is 8.00. The molecular formula is C29H30N2O4S2. The van der Waals surface area contributed by atoms with E-state index in [0.29, 0.717) is 16.5 Å². The van der Waals surface area contributed by atoms with Crippen molar-refractivity contribution >= 4 is 51.6 Å². The number of fused-ring (bicyclic) bond motifs is 1. The van der Waals surface area contributed by atoms with Gasteiger partial charge in [0.25, 0.3) is 0 Å². The van der Waals surface area contributed by atoms with Crippen LogP contribution in [-0.2, 0) is 27.2 Å². The Morgan fingerprint density at radius 3 is 2.54 bits per heavy atom. The zero-order chi connectivity index (χ0) is 25.9. The van der Waals surface area contributed by atoms with Gasteiger partial charge in [0.15, 0.2) is 0 Å². The largest absolute Gasteiger partial charge is 0.465 e. The maximum Gasteiger partial charge on any atom is 0.341 e. The van der Waals surface area contributed by atoms with Crippen LogP contribution in [0.3, 0.4) is 0 Å². The lowest BCUT2D eigenvalue weighted by Crippen LogP contribution is -2.20. The van der Waals surface area contributed by atoms with E-state index in [2.05, 4.69) is 17.6 Å². The zero-order valence-corrected chi connectivity index (χ0v) is 22.5. The summed E-state index contributed by atoms with van der Waals surface area (Å²) >= 11 is 2.90. The minimum atomic E-state index is -0.556. The molecule has 0 spiro atoms. The fraction of sp³-hybridized carbons (Fsp3) is 0.345. The molecule has 2 aromatic carbocycles. The first-order valence-electron chi connectivity index (χ1n) is 12.6. The van der Waals surface area contributed by atoms with Gasteiger partial charge in [-0.15, -0.1) is 23.1 Å². The van der Waals surface area contributed by atoms with Gasteiger partial charge in [0, 0.05) is 21.4 Å². The highest BCUT2D eigenvalue weighted by Crippen LogP contribution is 2.42. The average molecular weight is 535 g/mol. The minimum absolute atomic E-state index is 0.0471. The minimum Gasteiger partial charge on any atom is -0.465 e. The number of rotatable bonds is 8. The number of hydrogen-bond donors (Lipinski definition) is 2. The number of nitrogens with one attached hydrogen (secondary N) is 2. The van der Waals surface area contributed by atoms with Crippen LogP contribution in [0.25, 0.3) is 0 Å². The summed E-state index contributed by atoms with van der Waals surface area (Å²) in [6.07, 6.45) is 4.60. The normalized spacial score (nSPS) is 17.4. The summed E-state index contributed by atoms with van der Waals surface area (Å²) in [5.41, 5.74) is 3.08. The van der Waals surface area contributed by atoms with Gasteiger partial charge < -0.3 is 15.4 Å². The van der Waals surface area contributed by atoms with E-state index in [-0.39, 0.29) is 17.7 Å². The highest BCUT2D eigenvalue weighted by Gasteiger charge is 2.32. The summed E-state index contributed by atoms with van der Waals surface area (Å²) in [6, 6.07) is 17.2. The third kappa shape index (κ3) is 5.91. The van der Waals surface area contributed by atoms with Gasteiger partial charge in [-0.1, -0.05) is 43.3 Å². The van der Waals surface area contributed by atoms with Crippen molar-refractivity contribution in [1.29, 1.82) is 0 Å². The Balaban J connectivity index is 1.42. The predicted octanol–water partition coefficient (Wildman–Crippen LogP) is 6.48. The standard InChI is InChI=1S/C29H30N2O4S2/c1-17-11-14-22-23(15-17)37-28(24(22)29(34)35-2)31-27(33)25(18-7-4-3-5-8-18)36-21-10-6-9-20(16-21)30-26(32)19-12-13-19/h3-10,16-17,19,25H,11-15H2,1-2H3,(H,30,32)(H,31,33). The molecule has 1 aromatic heterocycles. The Kier molecular flexibility index (Phi) is 7.67. The SMILES string of the molecule is COC(=O)c1c(NC(=O)C(Sc2cccc(NC(=O)C3CC3)c2)c2ccccc2)sc2c1CCC(C)C2. The first-order chi connectivity index (χ1) is 17.9. The van der Waals surface area contributed by atoms with Gasteiger partial charge in [-0.05, 0) is 67.3 Å². The topological polar surface area (TPSA) is 84.5 Å². The Morgan fingerprint density at radius 1 is 1.03 bits per heavy atom. The number of thiophene rings is 1. The predicted molar refractivity (Wildman–Crippen MR) is 148 cm³/mol. The number of hydrogen-bond acceptors (Lipinski definition) is 6. The maximum atomic E-state index is 13.8. The summed E-state index contributed by atoms with van der Waals surface area (Å²) in [5, 5.41) is 6.06. The lowest BCUT2D eigenvalue weighted by Gasteiger charge is -2.18. The number of ether oxygens (including phenoxy) is 1. The maximum absolute atomic E-state index is 13.8. The van der Waals surface area contributed by atoms with Crippen LogP contribution in [0.4, 0.5) is 10.7 Å². The van der Waals surface area contributed by atoms with Crippen molar-refractivity contribution in [3.8, 4) is 0 Å². The second-order valence-corrected chi connectivity index (χ2v) is 12.0. The molecule has 37 heavy (non-hydrogen) atoms. The summed E-state index contributed by atoms with van der Waals surface area (Å²) in [6.45, 7) is 2.21. The molecule has 2 aliphatic rings. The molecule has 192 valence electrons. The number of methoxy groups -OCH3 is 1. The number of anilines is 2. The molecule has 5 rings (SSSR count). The molecule has 2 amide bonds. The summed E-state index contributed by atoms with van der Waals surface area (Å²) < 4.78 is 5.09. The lowest BCUT2D eigenvalue weighted by atomic mass is 9.88. The monoisotopic (exact) mass is 534 g/mol. The molecule has 3 aromatic rings. The van der Waals surface area contributed by atoms with Crippen LogP contribution in [-0.4, -0.2) is 24.9 Å². The summed E-state index contributed by atoms with van der Waals surface area (Å²) in [7, 11) is 1.38. The van der Waals surface area contributed by atoms with E-state index in [1.54, 1.807) is 0 Å². The van der Waals surface area contributed by atoms with Gasteiger partial charge >= 0.3 is 5.97 Å². The number of esters is 1. The molecule has 0 radical (unpaired) electrons. The van der Waals surface area contributed by atoms with E-state index in [9.17, 15) is 14.4 Å². The molecule has 2 unspecified atom stereocenters. The van der Waals surface area contributed by atoms with E-state index in [1.165, 1.54) is 30.2 Å². The molecule has 2 atom stereocenters. The molecule has 1 heterocycles. The summed E-state index contributed by atoms with van der Waals surface area (Å²) in [5.74, 6) is 0.0832. The fourth-order valence-electron chi connectivity index (χ4n) is 4.61. The van der Waals surface area contributed by atoms with Crippen LogP contribution in [0.2, 0.25) is 0 Å². The van der Waals surface area contributed by atoms with Gasteiger partial charge in [0.2, 0.25) is 11.8 Å². The average Bonchev–Trinajstić information content (AvgIpc) is 3.69. The third-order valence-corrected chi connectivity index (χ3v) is 9.20. The van der Waals surface area contributed by atoms with E-state index in [1.807, 2.05) is 54.6 Å². The van der Waals surface area contributed by atoms with E-state index < -0.39 is 11.2 Å². The molecule has 8 heteroatoms. The Bertz CT molecular complexity index is 1320. The van der Waals surface area contributed by atoms with Crippen molar-refractivity contribution in [3.05, 3.63) is 76.2 Å². The third-order valence-electron chi connectivity index (χ3n) is 6.78. The number of amides is 2. The molecule has 0 aliphatic heterocycles. The van der Waals surface area contributed by atoms with Crippen LogP contribution in [0.15, 0.2) is 59.5 Å².